The minimum Gasteiger partial charge on any atom is -0.294 e. The lowest BCUT2D eigenvalue weighted by atomic mass is 9.94. The summed E-state index contributed by atoms with van der Waals surface area (Å²) in [5, 5.41) is 9.81. The summed E-state index contributed by atoms with van der Waals surface area (Å²) in [4.78, 5) is 31.1. The van der Waals surface area contributed by atoms with E-state index in [0.29, 0.717) is 48.0 Å². The number of para-hydroxylation sites is 1. The van der Waals surface area contributed by atoms with E-state index in [4.69, 9.17) is 11.6 Å². The van der Waals surface area contributed by atoms with Gasteiger partial charge >= 0.3 is 0 Å². The number of Topliss-reactive ketones (excluding diaryl/α,β-unsaturated/α-hetero) is 1. The SMILES string of the molecule is CC(=O)c1c(C)nc2sc3c(=O)n(-c4ccccc4)nnc3c2c1-c1ccc(Cl)cc1. The number of ketones is 1. The molecule has 0 aliphatic carbocycles. The van der Waals surface area contributed by atoms with Crippen molar-refractivity contribution >= 4 is 49.2 Å². The lowest BCUT2D eigenvalue weighted by Gasteiger charge is -2.12. The molecule has 6 nitrogen and oxygen atoms in total. The highest BCUT2D eigenvalue weighted by molar-refractivity contribution is 7.25. The van der Waals surface area contributed by atoms with Crippen LogP contribution >= 0.6 is 22.9 Å². The van der Waals surface area contributed by atoms with E-state index in [1.807, 2.05) is 30.3 Å². The number of benzene rings is 2. The zero-order valence-electron chi connectivity index (χ0n) is 16.6. The molecular weight excluding hydrogens is 432 g/mol. The number of nitrogens with zero attached hydrogens (tertiary/aromatic N) is 4. The van der Waals surface area contributed by atoms with Crippen LogP contribution in [-0.4, -0.2) is 25.8 Å². The zero-order valence-corrected chi connectivity index (χ0v) is 18.2. The minimum absolute atomic E-state index is 0.109. The number of fused-ring (bicyclic) bond motifs is 3. The van der Waals surface area contributed by atoms with Crippen molar-refractivity contribution in [2.45, 2.75) is 13.8 Å². The highest BCUT2D eigenvalue weighted by Gasteiger charge is 2.24. The Morgan fingerprint density at radius 3 is 2.45 bits per heavy atom. The molecule has 3 aromatic heterocycles. The molecular formula is C23H15ClN4O2S. The number of carbonyl (C=O) groups excluding carboxylic acids is 1. The number of thiophene rings is 1. The molecule has 0 bridgehead atoms. The van der Waals surface area contributed by atoms with Gasteiger partial charge in [-0.3, -0.25) is 9.59 Å². The van der Waals surface area contributed by atoms with E-state index in [1.165, 1.54) is 22.9 Å². The summed E-state index contributed by atoms with van der Waals surface area (Å²) >= 11 is 7.34. The van der Waals surface area contributed by atoms with E-state index in [9.17, 15) is 9.59 Å². The standard InChI is InChI=1S/C23H15ClN4O2S/c1-12-17(13(2)29)18(14-8-10-15(24)11-9-14)19-20-21(31-22(19)25-12)23(30)28(27-26-20)16-6-4-3-5-7-16/h3-11H,1-2H3. The maximum absolute atomic E-state index is 13.3. The minimum atomic E-state index is -0.275. The van der Waals surface area contributed by atoms with Crippen molar-refractivity contribution in [3.05, 3.63) is 81.2 Å². The van der Waals surface area contributed by atoms with Gasteiger partial charge in [-0.05, 0) is 43.7 Å². The van der Waals surface area contributed by atoms with Crippen molar-refractivity contribution < 1.29 is 4.79 Å². The summed E-state index contributed by atoms with van der Waals surface area (Å²) in [5.74, 6) is -0.109. The summed E-state index contributed by atoms with van der Waals surface area (Å²) in [6.07, 6.45) is 0. The fraction of sp³-hybridized carbons (Fsp3) is 0.0870. The number of aromatic nitrogens is 4. The molecule has 152 valence electrons. The van der Waals surface area contributed by atoms with Crippen LogP contribution in [0.4, 0.5) is 0 Å². The molecule has 0 unspecified atom stereocenters. The molecule has 3 heterocycles. The largest absolute Gasteiger partial charge is 0.294 e. The Balaban J connectivity index is 1.92. The van der Waals surface area contributed by atoms with Gasteiger partial charge in [0.05, 0.1) is 11.4 Å². The number of hydrogen-bond acceptors (Lipinski definition) is 6. The normalized spacial score (nSPS) is 11.3. The summed E-state index contributed by atoms with van der Waals surface area (Å²) in [5.41, 5.74) is 3.41. The monoisotopic (exact) mass is 446 g/mol. The molecule has 0 N–H and O–H groups in total. The lowest BCUT2D eigenvalue weighted by Crippen LogP contribution is -2.21. The number of hydrogen-bond donors (Lipinski definition) is 0. The van der Waals surface area contributed by atoms with Crippen molar-refractivity contribution in [3.63, 3.8) is 0 Å². The van der Waals surface area contributed by atoms with Crippen LogP contribution in [-0.2, 0) is 0 Å². The number of rotatable bonds is 3. The first kappa shape index (κ1) is 19.5. The van der Waals surface area contributed by atoms with Gasteiger partial charge < -0.3 is 0 Å². The van der Waals surface area contributed by atoms with Crippen LogP contribution in [0.25, 0.3) is 37.2 Å². The Hall–Kier alpha value is -3.42. The number of aryl methyl sites for hydroxylation is 1. The second-order valence-corrected chi connectivity index (χ2v) is 8.55. The first-order valence-corrected chi connectivity index (χ1v) is 10.7. The zero-order chi connectivity index (χ0) is 21.7. The molecule has 0 aliphatic rings. The second kappa shape index (κ2) is 7.37. The van der Waals surface area contributed by atoms with Crippen molar-refractivity contribution in [3.8, 4) is 16.8 Å². The van der Waals surface area contributed by atoms with E-state index < -0.39 is 0 Å². The molecule has 5 aromatic rings. The molecule has 5 rings (SSSR count). The Bertz CT molecular complexity index is 1540. The fourth-order valence-corrected chi connectivity index (χ4v) is 4.99. The van der Waals surface area contributed by atoms with Gasteiger partial charge in [-0.1, -0.05) is 47.1 Å². The maximum Gasteiger partial charge on any atom is 0.292 e. The third-order valence-corrected chi connectivity index (χ3v) is 6.41. The quantitative estimate of drug-likeness (QED) is 0.355. The summed E-state index contributed by atoms with van der Waals surface area (Å²) in [6.45, 7) is 3.31. The predicted octanol–water partition coefficient (Wildman–Crippen LogP) is 5.22. The van der Waals surface area contributed by atoms with Gasteiger partial charge in [0.25, 0.3) is 5.56 Å². The van der Waals surface area contributed by atoms with Gasteiger partial charge in [0.15, 0.2) is 5.78 Å². The average Bonchev–Trinajstić information content (AvgIpc) is 3.13. The molecule has 0 spiro atoms. The van der Waals surface area contributed by atoms with Crippen LogP contribution in [0.3, 0.4) is 0 Å². The van der Waals surface area contributed by atoms with Crippen molar-refractivity contribution in [2.75, 3.05) is 0 Å². The van der Waals surface area contributed by atoms with Crippen LogP contribution in [0.1, 0.15) is 23.0 Å². The Morgan fingerprint density at radius 2 is 1.77 bits per heavy atom. The molecule has 0 saturated heterocycles. The van der Waals surface area contributed by atoms with Gasteiger partial charge in [-0.2, -0.15) is 4.68 Å². The molecule has 0 atom stereocenters. The smallest absolute Gasteiger partial charge is 0.292 e. The predicted molar refractivity (Wildman–Crippen MR) is 124 cm³/mol. The molecule has 2 aromatic carbocycles. The first-order chi connectivity index (χ1) is 15.0. The van der Waals surface area contributed by atoms with Gasteiger partial charge in [0.2, 0.25) is 0 Å². The highest BCUT2D eigenvalue weighted by atomic mass is 35.5. The molecule has 8 heteroatoms. The molecule has 0 radical (unpaired) electrons. The fourth-order valence-electron chi connectivity index (χ4n) is 3.77. The van der Waals surface area contributed by atoms with Crippen LogP contribution in [0.5, 0.6) is 0 Å². The van der Waals surface area contributed by atoms with E-state index in [0.717, 1.165) is 5.56 Å². The molecule has 0 fully saturated rings. The summed E-state index contributed by atoms with van der Waals surface area (Å²) in [6, 6.07) is 16.4. The topological polar surface area (TPSA) is 77.7 Å². The molecule has 0 amide bonds. The summed E-state index contributed by atoms with van der Waals surface area (Å²) < 4.78 is 1.72. The number of carbonyl (C=O) groups is 1. The van der Waals surface area contributed by atoms with Crippen LogP contribution in [0.2, 0.25) is 5.02 Å². The van der Waals surface area contributed by atoms with Crippen molar-refractivity contribution in [1.29, 1.82) is 0 Å². The van der Waals surface area contributed by atoms with E-state index in [1.54, 1.807) is 31.2 Å². The van der Waals surface area contributed by atoms with Gasteiger partial charge in [0.1, 0.15) is 15.0 Å². The second-order valence-electron chi connectivity index (χ2n) is 7.11. The first-order valence-electron chi connectivity index (χ1n) is 9.51. The molecule has 31 heavy (non-hydrogen) atoms. The molecule has 0 aliphatic heterocycles. The summed E-state index contributed by atoms with van der Waals surface area (Å²) in [7, 11) is 0. The van der Waals surface area contributed by atoms with Gasteiger partial charge in [0, 0.05) is 21.5 Å². The van der Waals surface area contributed by atoms with Crippen LogP contribution in [0.15, 0.2) is 59.4 Å². The Morgan fingerprint density at radius 1 is 1.06 bits per heavy atom. The van der Waals surface area contributed by atoms with E-state index in [-0.39, 0.29) is 11.3 Å². The lowest BCUT2D eigenvalue weighted by molar-refractivity contribution is 0.101. The molecule has 0 saturated carbocycles. The van der Waals surface area contributed by atoms with Crippen molar-refractivity contribution in [1.82, 2.24) is 20.0 Å². The van der Waals surface area contributed by atoms with Gasteiger partial charge in [-0.25, -0.2) is 4.98 Å². The number of pyridine rings is 1. The van der Waals surface area contributed by atoms with E-state index >= 15 is 0 Å². The highest BCUT2D eigenvalue weighted by Crippen LogP contribution is 2.40. The Labute approximate surface area is 185 Å². The third-order valence-electron chi connectivity index (χ3n) is 5.10. The van der Waals surface area contributed by atoms with Crippen LogP contribution < -0.4 is 5.56 Å². The number of halogens is 1. The maximum atomic E-state index is 13.3. The van der Waals surface area contributed by atoms with Crippen molar-refractivity contribution in [2.24, 2.45) is 0 Å². The van der Waals surface area contributed by atoms with E-state index in [2.05, 4.69) is 15.3 Å². The third kappa shape index (κ3) is 3.13. The van der Waals surface area contributed by atoms with Gasteiger partial charge in [-0.15, -0.1) is 16.4 Å². The Kier molecular flexibility index (Phi) is 4.64. The average molecular weight is 447 g/mol. The van der Waals surface area contributed by atoms with Crippen LogP contribution in [0, 0.1) is 6.92 Å².